The summed E-state index contributed by atoms with van der Waals surface area (Å²) in [5, 5.41) is 3.57. The Bertz CT molecular complexity index is 1020. The van der Waals surface area contributed by atoms with E-state index in [9.17, 15) is 9.59 Å². The van der Waals surface area contributed by atoms with Crippen LogP contribution in [0.2, 0.25) is 10.0 Å². The molecule has 3 aromatic carbocycles. The number of amides is 1. The molecule has 0 unspecified atom stereocenters. The van der Waals surface area contributed by atoms with Crippen molar-refractivity contribution in [1.82, 2.24) is 0 Å². The summed E-state index contributed by atoms with van der Waals surface area (Å²) in [6.45, 7) is 0. The number of carbonyl (C=O) groups excluding carboxylic acids is 2. The van der Waals surface area contributed by atoms with E-state index in [1.807, 2.05) is 30.5 Å². The van der Waals surface area contributed by atoms with Crippen molar-refractivity contribution < 1.29 is 9.59 Å². The topological polar surface area (TPSA) is 46.2 Å². The van der Waals surface area contributed by atoms with Gasteiger partial charge in [-0.25, -0.2) is 0 Å². The van der Waals surface area contributed by atoms with Gasteiger partial charge in [0, 0.05) is 21.0 Å². The first-order valence-electron chi connectivity index (χ1n) is 8.49. The van der Waals surface area contributed by atoms with Crippen molar-refractivity contribution in [2.75, 3.05) is 11.6 Å². The maximum atomic E-state index is 13.0. The van der Waals surface area contributed by atoms with Crippen molar-refractivity contribution in [3.05, 3.63) is 93.5 Å². The number of hydrogen-bond acceptors (Lipinski definition) is 3. The van der Waals surface area contributed by atoms with Crippen molar-refractivity contribution in [1.29, 1.82) is 0 Å². The van der Waals surface area contributed by atoms with Crippen LogP contribution in [-0.2, 0) is 11.2 Å². The van der Waals surface area contributed by atoms with Crippen LogP contribution in [-0.4, -0.2) is 17.9 Å². The van der Waals surface area contributed by atoms with Crippen molar-refractivity contribution in [3.8, 4) is 0 Å². The Morgan fingerprint density at radius 1 is 0.929 bits per heavy atom. The first-order valence-corrected chi connectivity index (χ1v) is 10.5. The smallest absolute Gasteiger partial charge is 0.228 e. The van der Waals surface area contributed by atoms with E-state index >= 15 is 0 Å². The van der Waals surface area contributed by atoms with Crippen LogP contribution in [0.5, 0.6) is 0 Å². The Kier molecular flexibility index (Phi) is 6.79. The molecule has 1 amide bonds. The normalized spacial score (nSPS) is 10.5. The van der Waals surface area contributed by atoms with Crippen LogP contribution in [0.25, 0.3) is 0 Å². The number of benzene rings is 3. The van der Waals surface area contributed by atoms with Gasteiger partial charge in [0.1, 0.15) is 0 Å². The quantitative estimate of drug-likeness (QED) is 0.378. The van der Waals surface area contributed by atoms with E-state index in [2.05, 4.69) is 5.32 Å². The van der Waals surface area contributed by atoms with Crippen LogP contribution in [0, 0.1) is 0 Å². The average molecular weight is 430 g/mol. The standard InChI is InChI=1S/C22H17Cl2NO2S/c1-28-16-9-6-14(7-10-16)12-21(26)25-20-11-8-15(23)13-18(20)22(27)17-4-2-3-5-19(17)24/h2-11,13H,12H2,1H3,(H,25,26). The number of hydrogen-bond donors (Lipinski definition) is 1. The van der Waals surface area contributed by atoms with Crippen LogP contribution in [0.3, 0.4) is 0 Å². The second kappa shape index (κ2) is 9.28. The minimum atomic E-state index is -0.298. The average Bonchev–Trinajstić information content (AvgIpc) is 2.70. The van der Waals surface area contributed by atoms with Crippen LogP contribution in [0.1, 0.15) is 21.5 Å². The van der Waals surface area contributed by atoms with E-state index in [1.165, 1.54) is 6.07 Å². The lowest BCUT2D eigenvalue weighted by atomic mass is 10.0. The second-order valence-corrected chi connectivity index (χ2v) is 7.80. The molecule has 0 aliphatic rings. The maximum Gasteiger partial charge on any atom is 0.228 e. The summed E-state index contributed by atoms with van der Waals surface area (Å²) in [4.78, 5) is 26.6. The molecule has 0 saturated heterocycles. The number of thioether (sulfide) groups is 1. The number of carbonyl (C=O) groups is 2. The maximum absolute atomic E-state index is 13.0. The fraction of sp³-hybridized carbons (Fsp3) is 0.0909. The highest BCUT2D eigenvalue weighted by Crippen LogP contribution is 2.27. The molecule has 0 bridgehead atoms. The SMILES string of the molecule is CSc1ccc(CC(=O)Nc2ccc(Cl)cc2C(=O)c2ccccc2Cl)cc1. The van der Waals surface area contributed by atoms with Gasteiger partial charge >= 0.3 is 0 Å². The Hall–Kier alpha value is -2.27. The zero-order valence-corrected chi connectivity index (χ0v) is 17.4. The molecule has 6 heteroatoms. The molecule has 0 radical (unpaired) electrons. The Balaban J connectivity index is 1.83. The Morgan fingerprint density at radius 2 is 1.64 bits per heavy atom. The third-order valence-electron chi connectivity index (χ3n) is 4.14. The minimum absolute atomic E-state index is 0.205. The predicted octanol–water partition coefficient (Wildman–Crippen LogP) is 6.13. The van der Waals surface area contributed by atoms with Crippen molar-refractivity contribution in [2.24, 2.45) is 0 Å². The first kappa shape index (κ1) is 20.5. The van der Waals surface area contributed by atoms with Crippen LogP contribution in [0.4, 0.5) is 5.69 Å². The third-order valence-corrected chi connectivity index (χ3v) is 5.45. The molecule has 28 heavy (non-hydrogen) atoms. The number of halogens is 2. The number of ketones is 1. The molecular formula is C22H17Cl2NO2S. The number of nitrogens with one attached hydrogen (secondary N) is 1. The molecular weight excluding hydrogens is 413 g/mol. The zero-order valence-electron chi connectivity index (χ0n) is 15.0. The summed E-state index contributed by atoms with van der Waals surface area (Å²) in [6, 6.07) is 19.4. The lowest BCUT2D eigenvalue weighted by Crippen LogP contribution is -2.17. The summed E-state index contributed by atoms with van der Waals surface area (Å²) in [5.74, 6) is -0.514. The van der Waals surface area contributed by atoms with Crippen molar-refractivity contribution in [3.63, 3.8) is 0 Å². The van der Waals surface area contributed by atoms with Gasteiger partial charge in [-0.1, -0.05) is 47.5 Å². The van der Waals surface area contributed by atoms with Crippen LogP contribution < -0.4 is 5.32 Å². The molecule has 0 fully saturated rings. The highest BCUT2D eigenvalue weighted by Gasteiger charge is 2.18. The van der Waals surface area contributed by atoms with Gasteiger partial charge in [-0.05, 0) is 54.3 Å². The zero-order chi connectivity index (χ0) is 20.1. The second-order valence-electron chi connectivity index (χ2n) is 6.07. The van der Waals surface area contributed by atoms with E-state index in [4.69, 9.17) is 23.2 Å². The van der Waals surface area contributed by atoms with E-state index in [0.29, 0.717) is 26.9 Å². The van der Waals surface area contributed by atoms with Gasteiger partial charge in [0.05, 0.1) is 17.1 Å². The molecule has 0 spiro atoms. The van der Waals surface area contributed by atoms with E-state index in [-0.39, 0.29) is 18.1 Å². The highest BCUT2D eigenvalue weighted by molar-refractivity contribution is 7.98. The summed E-state index contributed by atoms with van der Waals surface area (Å²) in [5.41, 5.74) is 1.95. The highest BCUT2D eigenvalue weighted by atomic mass is 35.5. The minimum Gasteiger partial charge on any atom is -0.325 e. The molecule has 3 nitrogen and oxygen atoms in total. The Morgan fingerprint density at radius 3 is 2.32 bits per heavy atom. The third kappa shape index (κ3) is 4.96. The Labute approximate surface area is 178 Å². The largest absolute Gasteiger partial charge is 0.325 e. The molecule has 142 valence electrons. The van der Waals surface area contributed by atoms with Gasteiger partial charge in [-0.2, -0.15) is 0 Å². The summed E-state index contributed by atoms with van der Waals surface area (Å²) in [6.07, 6.45) is 2.21. The van der Waals surface area contributed by atoms with Gasteiger partial charge in [-0.3, -0.25) is 9.59 Å². The van der Waals surface area contributed by atoms with Gasteiger partial charge < -0.3 is 5.32 Å². The molecule has 0 heterocycles. The number of rotatable bonds is 6. The molecule has 3 rings (SSSR count). The lowest BCUT2D eigenvalue weighted by Gasteiger charge is -2.12. The molecule has 0 aliphatic carbocycles. The monoisotopic (exact) mass is 429 g/mol. The fourth-order valence-electron chi connectivity index (χ4n) is 2.73. The van der Waals surface area contributed by atoms with Crippen molar-refractivity contribution >= 4 is 52.3 Å². The molecule has 3 aromatic rings. The van der Waals surface area contributed by atoms with E-state index < -0.39 is 0 Å². The number of anilines is 1. The van der Waals surface area contributed by atoms with Gasteiger partial charge in [0.15, 0.2) is 5.78 Å². The van der Waals surface area contributed by atoms with Gasteiger partial charge in [0.25, 0.3) is 0 Å². The van der Waals surface area contributed by atoms with E-state index in [0.717, 1.165) is 10.5 Å². The van der Waals surface area contributed by atoms with Gasteiger partial charge in [0.2, 0.25) is 5.91 Å². The summed E-state index contributed by atoms with van der Waals surface area (Å²) in [7, 11) is 0. The molecule has 0 aliphatic heterocycles. The summed E-state index contributed by atoms with van der Waals surface area (Å²) < 4.78 is 0. The van der Waals surface area contributed by atoms with Gasteiger partial charge in [-0.15, -0.1) is 11.8 Å². The van der Waals surface area contributed by atoms with Crippen LogP contribution >= 0.6 is 35.0 Å². The summed E-state index contributed by atoms with van der Waals surface area (Å²) >= 11 is 13.9. The van der Waals surface area contributed by atoms with E-state index in [1.54, 1.807) is 48.2 Å². The molecule has 0 saturated carbocycles. The van der Waals surface area contributed by atoms with Crippen LogP contribution in [0.15, 0.2) is 71.6 Å². The fourth-order valence-corrected chi connectivity index (χ4v) is 3.53. The first-order chi connectivity index (χ1) is 13.5. The molecule has 0 atom stereocenters. The molecule has 1 N–H and O–H groups in total. The van der Waals surface area contributed by atoms with Crippen molar-refractivity contribution in [2.45, 2.75) is 11.3 Å². The lowest BCUT2D eigenvalue weighted by molar-refractivity contribution is -0.115. The predicted molar refractivity (Wildman–Crippen MR) is 117 cm³/mol. The molecule has 0 aromatic heterocycles.